The average Bonchev–Trinajstić information content (AvgIpc) is 2.49. The van der Waals surface area contributed by atoms with Gasteiger partial charge < -0.3 is 5.32 Å². The van der Waals surface area contributed by atoms with Crippen LogP contribution < -0.4 is 5.32 Å². The lowest BCUT2D eigenvalue weighted by molar-refractivity contribution is 0.506. The van der Waals surface area contributed by atoms with Gasteiger partial charge >= 0.3 is 0 Å². The third kappa shape index (κ3) is 3.51. The molecule has 0 unspecified atom stereocenters. The number of halogens is 1. The van der Waals surface area contributed by atoms with E-state index in [1.165, 1.54) is 5.56 Å². The van der Waals surface area contributed by atoms with E-state index in [0.29, 0.717) is 5.56 Å². The second kappa shape index (κ2) is 6.40. The van der Waals surface area contributed by atoms with Crippen LogP contribution in [0.1, 0.15) is 38.3 Å². The fraction of sp³-hybridized carbons (Fsp3) is 0.368. The van der Waals surface area contributed by atoms with Crippen LogP contribution in [0.5, 0.6) is 0 Å². The largest absolute Gasteiger partial charge is 0.316 e. The molecule has 0 bridgehead atoms. The molecule has 0 radical (unpaired) electrons. The lowest BCUT2D eigenvalue weighted by Gasteiger charge is -2.23. The highest BCUT2D eigenvalue weighted by Gasteiger charge is 2.17. The highest BCUT2D eigenvalue weighted by atomic mass is 19.1. The van der Waals surface area contributed by atoms with E-state index in [0.717, 1.165) is 24.1 Å². The minimum atomic E-state index is -0.169. The van der Waals surface area contributed by atoms with Crippen LogP contribution in [-0.4, -0.2) is 7.05 Å². The molecule has 0 aromatic heterocycles. The Morgan fingerprint density at radius 3 is 2.29 bits per heavy atom. The van der Waals surface area contributed by atoms with Gasteiger partial charge in [0, 0.05) is 12.1 Å². The lowest BCUT2D eigenvalue weighted by atomic mass is 9.82. The van der Waals surface area contributed by atoms with Crippen molar-refractivity contribution in [2.45, 2.75) is 39.2 Å². The van der Waals surface area contributed by atoms with Crippen LogP contribution in [0.25, 0.3) is 11.1 Å². The molecule has 0 aliphatic carbocycles. The van der Waals surface area contributed by atoms with Gasteiger partial charge in [-0.2, -0.15) is 0 Å². The number of benzene rings is 2. The molecule has 1 nitrogen and oxygen atoms in total. The Hall–Kier alpha value is -1.67. The van der Waals surface area contributed by atoms with Crippen molar-refractivity contribution >= 4 is 0 Å². The highest BCUT2D eigenvalue weighted by molar-refractivity contribution is 5.65. The quantitative estimate of drug-likeness (QED) is 0.824. The second-order valence-electron chi connectivity index (χ2n) is 6.16. The van der Waals surface area contributed by atoms with E-state index in [4.69, 9.17) is 0 Å². The molecular formula is C19H24FN. The molecule has 0 aliphatic rings. The molecule has 2 aromatic rings. The van der Waals surface area contributed by atoms with Gasteiger partial charge in [0.1, 0.15) is 5.82 Å². The SMILES string of the molecule is CCC(C)(C)c1ccc(-c2cc(CNC)ccc2F)cc1. The van der Waals surface area contributed by atoms with E-state index in [-0.39, 0.29) is 11.2 Å². The lowest BCUT2D eigenvalue weighted by Crippen LogP contribution is -2.15. The predicted octanol–water partition coefficient (Wildman–Crippen LogP) is 4.90. The molecule has 112 valence electrons. The Bertz CT molecular complexity index is 599. The van der Waals surface area contributed by atoms with Crippen LogP contribution in [0.3, 0.4) is 0 Å². The Kier molecular flexibility index (Phi) is 4.79. The van der Waals surface area contributed by atoms with Crippen molar-refractivity contribution in [2.75, 3.05) is 7.05 Å². The topological polar surface area (TPSA) is 12.0 Å². The minimum absolute atomic E-state index is 0.158. The van der Waals surface area contributed by atoms with Crippen LogP contribution in [0.2, 0.25) is 0 Å². The standard InChI is InChI=1S/C19H24FN/c1-5-19(2,3)16-9-7-15(8-10-16)17-12-14(13-21-4)6-11-18(17)20/h6-12,21H,5,13H2,1-4H3. The smallest absolute Gasteiger partial charge is 0.131 e. The molecule has 0 atom stereocenters. The molecule has 0 spiro atoms. The molecule has 0 amide bonds. The highest BCUT2D eigenvalue weighted by Crippen LogP contribution is 2.30. The van der Waals surface area contributed by atoms with Crippen molar-refractivity contribution in [3.63, 3.8) is 0 Å². The number of rotatable bonds is 5. The third-order valence-electron chi connectivity index (χ3n) is 4.27. The Balaban J connectivity index is 2.36. The zero-order valence-electron chi connectivity index (χ0n) is 13.3. The molecule has 2 aromatic carbocycles. The van der Waals surface area contributed by atoms with Gasteiger partial charge in [0.2, 0.25) is 0 Å². The van der Waals surface area contributed by atoms with E-state index in [1.54, 1.807) is 6.07 Å². The number of hydrogen-bond donors (Lipinski definition) is 1. The summed E-state index contributed by atoms with van der Waals surface area (Å²) < 4.78 is 14.1. The number of nitrogens with one attached hydrogen (secondary N) is 1. The zero-order chi connectivity index (χ0) is 15.5. The normalized spacial score (nSPS) is 11.7. The third-order valence-corrected chi connectivity index (χ3v) is 4.27. The van der Waals surface area contributed by atoms with Gasteiger partial charge in [-0.15, -0.1) is 0 Å². The fourth-order valence-corrected chi connectivity index (χ4v) is 2.41. The maximum atomic E-state index is 14.1. The molecule has 2 heteroatoms. The fourth-order valence-electron chi connectivity index (χ4n) is 2.41. The van der Waals surface area contributed by atoms with Gasteiger partial charge in [-0.3, -0.25) is 0 Å². The molecule has 21 heavy (non-hydrogen) atoms. The van der Waals surface area contributed by atoms with Crippen LogP contribution >= 0.6 is 0 Å². The van der Waals surface area contributed by atoms with Gasteiger partial charge in [-0.1, -0.05) is 51.1 Å². The summed E-state index contributed by atoms with van der Waals surface area (Å²) in [6, 6.07) is 13.6. The van der Waals surface area contributed by atoms with Crippen molar-refractivity contribution in [3.05, 3.63) is 59.4 Å². The average molecular weight is 285 g/mol. The van der Waals surface area contributed by atoms with E-state index >= 15 is 0 Å². The van der Waals surface area contributed by atoms with Crippen molar-refractivity contribution in [2.24, 2.45) is 0 Å². The predicted molar refractivity (Wildman–Crippen MR) is 87.9 cm³/mol. The summed E-state index contributed by atoms with van der Waals surface area (Å²) >= 11 is 0. The van der Waals surface area contributed by atoms with Gasteiger partial charge in [0.05, 0.1) is 0 Å². The summed E-state index contributed by atoms with van der Waals surface area (Å²) in [5.74, 6) is -0.169. The Morgan fingerprint density at radius 2 is 1.71 bits per heavy atom. The maximum Gasteiger partial charge on any atom is 0.131 e. The van der Waals surface area contributed by atoms with Crippen LogP contribution in [0.15, 0.2) is 42.5 Å². The van der Waals surface area contributed by atoms with Gasteiger partial charge in [-0.25, -0.2) is 4.39 Å². The van der Waals surface area contributed by atoms with Crippen LogP contribution in [-0.2, 0) is 12.0 Å². The van der Waals surface area contributed by atoms with Crippen molar-refractivity contribution in [1.82, 2.24) is 5.32 Å². The molecule has 0 saturated carbocycles. The first kappa shape index (κ1) is 15.7. The first-order chi connectivity index (χ1) is 9.97. The molecule has 2 rings (SSSR count). The van der Waals surface area contributed by atoms with Crippen LogP contribution in [0, 0.1) is 5.82 Å². The summed E-state index contributed by atoms with van der Waals surface area (Å²) in [4.78, 5) is 0. The number of hydrogen-bond acceptors (Lipinski definition) is 1. The van der Waals surface area contributed by atoms with Gasteiger partial charge in [0.25, 0.3) is 0 Å². The zero-order valence-corrected chi connectivity index (χ0v) is 13.3. The Morgan fingerprint density at radius 1 is 1.05 bits per heavy atom. The van der Waals surface area contributed by atoms with Crippen molar-refractivity contribution < 1.29 is 4.39 Å². The molecular weight excluding hydrogens is 261 g/mol. The first-order valence-electron chi connectivity index (χ1n) is 7.52. The molecule has 0 saturated heterocycles. The molecule has 0 heterocycles. The molecule has 0 aliphatic heterocycles. The summed E-state index contributed by atoms with van der Waals surface area (Å²) in [5.41, 5.74) is 4.14. The first-order valence-corrected chi connectivity index (χ1v) is 7.52. The van der Waals surface area contributed by atoms with Crippen LogP contribution in [0.4, 0.5) is 4.39 Å². The van der Waals surface area contributed by atoms with E-state index in [9.17, 15) is 4.39 Å². The van der Waals surface area contributed by atoms with E-state index in [1.807, 2.05) is 31.3 Å². The summed E-state index contributed by atoms with van der Waals surface area (Å²) in [6.45, 7) is 7.40. The maximum absolute atomic E-state index is 14.1. The molecule has 1 N–H and O–H groups in total. The summed E-state index contributed by atoms with van der Waals surface area (Å²) in [7, 11) is 1.89. The van der Waals surface area contributed by atoms with E-state index in [2.05, 4.69) is 38.2 Å². The van der Waals surface area contributed by atoms with Crippen molar-refractivity contribution in [3.8, 4) is 11.1 Å². The van der Waals surface area contributed by atoms with Gasteiger partial charge in [0.15, 0.2) is 0 Å². The monoisotopic (exact) mass is 285 g/mol. The molecule has 0 fully saturated rings. The second-order valence-corrected chi connectivity index (χ2v) is 6.16. The van der Waals surface area contributed by atoms with Gasteiger partial charge in [-0.05, 0) is 47.7 Å². The summed E-state index contributed by atoms with van der Waals surface area (Å²) in [5, 5.41) is 3.10. The summed E-state index contributed by atoms with van der Waals surface area (Å²) in [6.07, 6.45) is 1.08. The Labute approximate surface area is 127 Å². The van der Waals surface area contributed by atoms with Crippen molar-refractivity contribution in [1.29, 1.82) is 0 Å². The minimum Gasteiger partial charge on any atom is -0.316 e. The van der Waals surface area contributed by atoms with E-state index < -0.39 is 0 Å².